The first-order valence-electron chi connectivity index (χ1n) is 6.84. The van der Waals surface area contributed by atoms with Crippen molar-refractivity contribution in [2.24, 2.45) is 17.8 Å². The number of hydrogen-bond donors (Lipinski definition) is 3. The molecule has 0 bridgehead atoms. The molecule has 4 atom stereocenters. The Labute approximate surface area is 103 Å². The van der Waals surface area contributed by atoms with Crippen LogP contribution in [0.1, 0.15) is 32.6 Å². The lowest BCUT2D eigenvalue weighted by Gasteiger charge is -2.19. The molecule has 1 heterocycles. The van der Waals surface area contributed by atoms with Crippen molar-refractivity contribution in [2.45, 2.75) is 38.6 Å². The van der Waals surface area contributed by atoms with E-state index in [9.17, 15) is 4.79 Å². The number of fused-ring (bicyclic) bond motifs is 1. The molecule has 1 aliphatic carbocycles. The summed E-state index contributed by atoms with van der Waals surface area (Å²) in [6.45, 7) is 3.93. The normalized spacial score (nSPS) is 33.4. The summed E-state index contributed by atoms with van der Waals surface area (Å²) >= 11 is 0. The van der Waals surface area contributed by atoms with Crippen LogP contribution in [0, 0.1) is 17.8 Å². The Morgan fingerprint density at radius 2 is 2.35 bits per heavy atom. The zero-order valence-corrected chi connectivity index (χ0v) is 10.6. The van der Waals surface area contributed by atoms with E-state index in [-0.39, 0.29) is 18.6 Å². The lowest BCUT2D eigenvalue weighted by atomic mass is 9.93. The minimum Gasteiger partial charge on any atom is -0.396 e. The van der Waals surface area contributed by atoms with Gasteiger partial charge < -0.3 is 15.7 Å². The number of aliphatic hydroxyl groups excluding tert-OH is 1. The molecular weight excluding hydrogens is 216 g/mol. The SMILES string of the molecule is CC(CCO)CNC(=O)C1NCC2CCCC21. The molecule has 98 valence electrons. The monoisotopic (exact) mass is 240 g/mol. The summed E-state index contributed by atoms with van der Waals surface area (Å²) < 4.78 is 0. The summed E-state index contributed by atoms with van der Waals surface area (Å²) in [5, 5.41) is 15.2. The van der Waals surface area contributed by atoms with Gasteiger partial charge in [0.15, 0.2) is 0 Å². The number of aliphatic hydroxyl groups is 1. The fourth-order valence-corrected chi connectivity index (χ4v) is 3.18. The van der Waals surface area contributed by atoms with Crippen LogP contribution in [0.5, 0.6) is 0 Å². The Hall–Kier alpha value is -0.610. The third-order valence-electron chi connectivity index (χ3n) is 4.28. The van der Waals surface area contributed by atoms with Crippen LogP contribution < -0.4 is 10.6 Å². The van der Waals surface area contributed by atoms with E-state index in [0.717, 1.165) is 18.9 Å². The highest BCUT2D eigenvalue weighted by atomic mass is 16.3. The molecule has 1 amide bonds. The maximum absolute atomic E-state index is 12.1. The second kappa shape index (κ2) is 5.83. The standard InChI is InChI=1S/C13H24N2O2/c1-9(5-6-16)7-15-13(17)12-11-4-2-3-10(11)8-14-12/h9-12,14,16H,2-8H2,1H3,(H,15,17). The zero-order valence-electron chi connectivity index (χ0n) is 10.6. The van der Waals surface area contributed by atoms with Crippen molar-refractivity contribution in [3.05, 3.63) is 0 Å². The molecule has 2 fully saturated rings. The molecular formula is C13H24N2O2. The van der Waals surface area contributed by atoms with Gasteiger partial charge in [-0.1, -0.05) is 13.3 Å². The van der Waals surface area contributed by atoms with Crippen LogP contribution in [0.4, 0.5) is 0 Å². The van der Waals surface area contributed by atoms with Gasteiger partial charge in [0.25, 0.3) is 0 Å². The molecule has 0 spiro atoms. The van der Waals surface area contributed by atoms with Crippen molar-refractivity contribution >= 4 is 5.91 Å². The van der Waals surface area contributed by atoms with Crippen molar-refractivity contribution in [1.82, 2.24) is 10.6 Å². The van der Waals surface area contributed by atoms with Gasteiger partial charge in [-0.05, 0) is 43.6 Å². The van der Waals surface area contributed by atoms with Crippen molar-refractivity contribution < 1.29 is 9.90 Å². The molecule has 0 aromatic rings. The molecule has 17 heavy (non-hydrogen) atoms. The van der Waals surface area contributed by atoms with Crippen molar-refractivity contribution in [2.75, 3.05) is 19.7 Å². The maximum Gasteiger partial charge on any atom is 0.237 e. The highest BCUT2D eigenvalue weighted by Gasteiger charge is 2.42. The topological polar surface area (TPSA) is 61.4 Å². The first-order valence-corrected chi connectivity index (χ1v) is 6.84. The number of rotatable bonds is 5. The van der Waals surface area contributed by atoms with E-state index >= 15 is 0 Å². The molecule has 2 rings (SSSR count). The van der Waals surface area contributed by atoms with E-state index in [4.69, 9.17) is 5.11 Å². The number of amides is 1. The van der Waals surface area contributed by atoms with E-state index in [1.807, 2.05) is 0 Å². The molecule has 2 aliphatic rings. The summed E-state index contributed by atoms with van der Waals surface area (Å²) in [6.07, 6.45) is 4.51. The number of carbonyl (C=O) groups is 1. The van der Waals surface area contributed by atoms with E-state index in [1.165, 1.54) is 19.3 Å². The lowest BCUT2D eigenvalue weighted by Crippen LogP contribution is -2.45. The number of carbonyl (C=O) groups excluding carboxylic acids is 1. The van der Waals surface area contributed by atoms with Crippen molar-refractivity contribution in [3.8, 4) is 0 Å². The van der Waals surface area contributed by atoms with Crippen molar-refractivity contribution in [3.63, 3.8) is 0 Å². The van der Waals surface area contributed by atoms with Crippen molar-refractivity contribution in [1.29, 1.82) is 0 Å². The van der Waals surface area contributed by atoms with Gasteiger partial charge in [0.1, 0.15) is 0 Å². The van der Waals surface area contributed by atoms with E-state index in [1.54, 1.807) is 0 Å². The van der Waals surface area contributed by atoms with Crippen LogP contribution >= 0.6 is 0 Å². The predicted molar refractivity (Wildman–Crippen MR) is 66.5 cm³/mol. The third-order valence-corrected chi connectivity index (χ3v) is 4.28. The average molecular weight is 240 g/mol. The van der Waals surface area contributed by atoms with Gasteiger partial charge in [0.05, 0.1) is 6.04 Å². The molecule has 0 aromatic carbocycles. The fraction of sp³-hybridized carbons (Fsp3) is 0.923. The van der Waals surface area contributed by atoms with Crippen LogP contribution in [-0.4, -0.2) is 36.8 Å². The van der Waals surface area contributed by atoms with Crippen LogP contribution in [-0.2, 0) is 4.79 Å². The highest BCUT2D eigenvalue weighted by molar-refractivity contribution is 5.82. The van der Waals surface area contributed by atoms with Gasteiger partial charge in [-0.15, -0.1) is 0 Å². The Morgan fingerprint density at radius 1 is 1.53 bits per heavy atom. The van der Waals surface area contributed by atoms with Crippen LogP contribution in [0.15, 0.2) is 0 Å². The van der Waals surface area contributed by atoms with E-state index < -0.39 is 0 Å². The first kappa shape index (κ1) is 12.8. The molecule has 3 N–H and O–H groups in total. The molecule has 1 saturated heterocycles. The minimum atomic E-state index is 0.0313. The second-order valence-corrected chi connectivity index (χ2v) is 5.60. The summed E-state index contributed by atoms with van der Waals surface area (Å²) in [6, 6.07) is 0.0313. The molecule has 4 heteroatoms. The van der Waals surface area contributed by atoms with Crippen LogP contribution in [0.2, 0.25) is 0 Å². The maximum atomic E-state index is 12.1. The summed E-state index contributed by atoms with van der Waals surface area (Å²) in [5.74, 6) is 1.79. The largest absolute Gasteiger partial charge is 0.396 e. The summed E-state index contributed by atoms with van der Waals surface area (Å²) in [5.41, 5.74) is 0. The van der Waals surface area contributed by atoms with Gasteiger partial charge in [-0.2, -0.15) is 0 Å². The first-order chi connectivity index (χ1) is 8.22. The summed E-state index contributed by atoms with van der Waals surface area (Å²) in [4.78, 5) is 12.1. The Balaban J connectivity index is 1.76. The minimum absolute atomic E-state index is 0.0313. The highest BCUT2D eigenvalue weighted by Crippen LogP contribution is 2.37. The third kappa shape index (κ3) is 2.99. The Bertz CT molecular complexity index is 270. The number of hydrogen-bond acceptors (Lipinski definition) is 3. The molecule has 0 aromatic heterocycles. The fourth-order valence-electron chi connectivity index (χ4n) is 3.18. The molecule has 1 saturated carbocycles. The van der Waals surface area contributed by atoms with Crippen LogP contribution in [0.3, 0.4) is 0 Å². The van der Waals surface area contributed by atoms with E-state index in [2.05, 4.69) is 17.6 Å². The van der Waals surface area contributed by atoms with E-state index in [0.29, 0.717) is 18.4 Å². The average Bonchev–Trinajstić information content (AvgIpc) is 2.87. The second-order valence-electron chi connectivity index (χ2n) is 5.60. The smallest absolute Gasteiger partial charge is 0.237 e. The molecule has 0 radical (unpaired) electrons. The van der Waals surface area contributed by atoms with Gasteiger partial charge >= 0.3 is 0 Å². The zero-order chi connectivity index (χ0) is 12.3. The van der Waals surface area contributed by atoms with Gasteiger partial charge in [-0.25, -0.2) is 0 Å². The molecule has 4 nitrogen and oxygen atoms in total. The quantitative estimate of drug-likeness (QED) is 0.656. The van der Waals surface area contributed by atoms with Gasteiger partial charge in [0.2, 0.25) is 5.91 Å². The Kier molecular flexibility index (Phi) is 4.40. The van der Waals surface area contributed by atoms with Crippen LogP contribution in [0.25, 0.3) is 0 Å². The lowest BCUT2D eigenvalue weighted by molar-refractivity contribution is -0.124. The van der Waals surface area contributed by atoms with Gasteiger partial charge in [-0.3, -0.25) is 4.79 Å². The molecule has 4 unspecified atom stereocenters. The van der Waals surface area contributed by atoms with Gasteiger partial charge in [0, 0.05) is 13.2 Å². The molecule has 1 aliphatic heterocycles. The summed E-state index contributed by atoms with van der Waals surface area (Å²) in [7, 11) is 0. The predicted octanol–water partition coefficient (Wildman–Crippen LogP) is 0.509. The number of nitrogens with one attached hydrogen (secondary N) is 2. The Morgan fingerprint density at radius 3 is 3.12 bits per heavy atom.